The molecule has 4 heteroatoms. The van der Waals surface area contributed by atoms with Gasteiger partial charge in [0.25, 0.3) is 0 Å². The van der Waals surface area contributed by atoms with Gasteiger partial charge in [0.2, 0.25) is 0 Å². The van der Waals surface area contributed by atoms with Gasteiger partial charge in [-0.05, 0) is 6.92 Å². The van der Waals surface area contributed by atoms with E-state index in [1.807, 2.05) is 0 Å². The highest BCUT2D eigenvalue weighted by molar-refractivity contribution is 4.31. The number of halogens is 3. The molecule has 0 aliphatic heterocycles. The van der Waals surface area contributed by atoms with Crippen molar-refractivity contribution in [2.45, 2.75) is 6.36 Å². The third-order valence-electron chi connectivity index (χ3n) is 0.266. The lowest BCUT2D eigenvalue weighted by molar-refractivity contribution is -0.320. The van der Waals surface area contributed by atoms with Crippen molar-refractivity contribution in [1.29, 1.82) is 0 Å². The smallest absolute Gasteiger partial charge is 0.292 e. The largest absolute Gasteiger partial charge is 0.522 e. The van der Waals surface area contributed by atoms with E-state index in [4.69, 9.17) is 0 Å². The zero-order valence-corrected chi connectivity index (χ0v) is 3.46. The monoisotopic (exact) mass is 113 g/mol. The Balaban J connectivity index is 3.15. The summed E-state index contributed by atoms with van der Waals surface area (Å²) in [6, 6.07) is 0. The number of hydrogen-bond acceptors (Lipinski definition) is 1. The average molecular weight is 113 g/mol. The Bertz CT molecular complexity index is 48.6. The van der Waals surface area contributed by atoms with Gasteiger partial charge in [-0.2, -0.15) is 0 Å². The van der Waals surface area contributed by atoms with Crippen molar-refractivity contribution in [3.05, 3.63) is 6.92 Å². The predicted octanol–water partition coefficient (Wildman–Crippen LogP) is 1.36. The molecule has 0 unspecified atom stereocenters. The summed E-state index contributed by atoms with van der Waals surface area (Å²) >= 11 is 0. The van der Waals surface area contributed by atoms with E-state index in [0.717, 1.165) is 0 Å². The summed E-state index contributed by atoms with van der Waals surface area (Å²) in [6.07, 6.45) is -4.51. The van der Waals surface area contributed by atoms with Crippen molar-refractivity contribution in [2.24, 2.45) is 0 Å². The van der Waals surface area contributed by atoms with Crippen LogP contribution in [0.4, 0.5) is 13.2 Å². The van der Waals surface area contributed by atoms with E-state index < -0.39 is 13.0 Å². The molecule has 0 aromatic heterocycles. The predicted molar refractivity (Wildman–Crippen MR) is 17.4 cm³/mol. The fourth-order valence-electron chi connectivity index (χ4n) is 0.116. The Kier molecular flexibility index (Phi) is 2.08. The maximum Gasteiger partial charge on any atom is 0.522 e. The molecule has 1 nitrogen and oxygen atoms in total. The summed E-state index contributed by atoms with van der Waals surface area (Å²) in [7, 11) is 0. The first-order valence-electron chi connectivity index (χ1n) is 1.56. The third kappa shape index (κ3) is 5.75. The van der Waals surface area contributed by atoms with Crippen LogP contribution in [0.15, 0.2) is 0 Å². The molecule has 0 amide bonds. The fourth-order valence-corrected chi connectivity index (χ4v) is 0.116. The van der Waals surface area contributed by atoms with Gasteiger partial charge in [-0.1, -0.05) is 0 Å². The van der Waals surface area contributed by atoms with Crippen LogP contribution < -0.4 is 0 Å². The Morgan fingerprint density at radius 1 is 1.43 bits per heavy atom. The summed E-state index contributed by atoms with van der Waals surface area (Å²) in [5.74, 6) is 0. The summed E-state index contributed by atoms with van der Waals surface area (Å²) in [6.45, 7) is 2.26. The minimum absolute atomic E-state index is 0.566. The molecule has 0 spiro atoms. The van der Waals surface area contributed by atoms with Crippen LogP contribution in [0.2, 0.25) is 0 Å². The number of alkyl halides is 3. The van der Waals surface area contributed by atoms with Crippen molar-refractivity contribution >= 4 is 0 Å². The molecule has 43 valence electrons. The molecule has 7 heavy (non-hydrogen) atoms. The summed E-state index contributed by atoms with van der Waals surface area (Å²) < 4.78 is 35.5. The molecular weight excluding hydrogens is 109 g/mol. The summed E-state index contributed by atoms with van der Waals surface area (Å²) in [4.78, 5) is 0. The van der Waals surface area contributed by atoms with E-state index >= 15 is 0 Å². The first-order valence-corrected chi connectivity index (χ1v) is 1.56. The molecule has 0 saturated carbocycles. The second kappa shape index (κ2) is 2.16. The van der Waals surface area contributed by atoms with E-state index in [0.29, 0.717) is 0 Å². The topological polar surface area (TPSA) is 9.23 Å². The van der Waals surface area contributed by atoms with Crippen LogP contribution in [0.1, 0.15) is 0 Å². The molecule has 0 fully saturated rings. The zero-order chi connectivity index (χ0) is 5.91. The Labute approximate surface area is 39.1 Å². The Hall–Kier alpha value is -0.250. The highest BCUT2D eigenvalue weighted by Crippen LogP contribution is 2.14. The van der Waals surface area contributed by atoms with Crippen LogP contribution in [0.5, 0.6) is 0 Å². The lowest BCUT2D eigenvalue weighted by Gasteiger charge is -2.01. The van der Waals surface area contributed by atoms with Crippen molar-refractivity contribution in [3.8, 4) is 0 Å². The van der Waals surface area contributed by atoms with E-state index in [-0.39, 0.29) is 0 Å². The second-order valence-electron chi connectivity index (χ2n) is 0.794. The van der Waals surface area contributed by atoms with Gasteiger partial charge in [-0.25, -0.2) is 0 Å². The lowest BCUT2D eigenvalue weighted by Crippen LogP contribution is -2.12. The molecule has 0 rings (SSSR count). The average Bonchev–Trinajstić information content (AvgIpc) is 1.30. The molecule has 0 saturated heterocycles. The highest BCUT2D eigenvalue weighted by Gasteiger charge is 2.27. The number of rotatable bonds is 1. The third-order valence-corrected chi connectivity index (χ3v) is 0.266. The molecule has 0 aliphatic rings. The Morgan fingerprint density at radius 2 is 1.86 bits per heavy atom. The first-order chi connectivity index (χ1) is 3.06. The molecule has 0 aromatic carbocycles. The molecule has 0 atom stereocenters. The molecule has 0 N–H and O–H groups in total. The van der Waals surface area contributed by atoms with Gasteiger partial charge in [0.15, 0.2) is 0 Å². The van der Waals surface area contributed by atoms with Gasteiger partial charge in [0.1, 0.15) is 0 Å². The van der Waals surface area contributed by atoms with Gasteiger partial charge in [-0.15, -0.1) is 13.2 Å². The van der Waals surface area contributed by atoms with Crippen LogP contribution in [-0.2, 0) is 4.74 Å². The lowest BCUT2D eigenvalue weighted by atomic mass is 10.9. The standard InChI is InChI=1S/C3H4F3O/c1-2-7-3(4,5)6/h1-2H2. The highest BCUT2D eigenvalue weighted by atomic mass is 19.4. The van der Waals surface area contributed by atoms with Crippen molar-refractivity contribution in [2.75, 3.05) is 6.61 Å². The molecule has 0 aliphatic carbocycles. The van der Waals surface area contributed by atoms with Crippen LogP contribution >= 0.6 is 0 Å². The maximum atomic E-state index is 10.8. The fraction of sp³-hybridized carbons (Fsp3) is 0.667. The quantitative estimate of drug-likeness (QED) is 0.498. The van der Waals surface area contributed by atoms with Crippen LogP contribution in [0, 0.1) is 6.92 Å². The summed E-state index contributed by atoms with van der Waals surface area (Å²) in [5.41, 5.74) is 0. The first kappa shape index (κ1) is 6.75. The van der Waals surface area contributed by atoms with Crippen LogP contribution in [0.3, 0.4) is 0 Å². The van der Waals surface area contributed by atoms with Gasteiger partial charge >= 0.3 is 6.36 Å². The van der Waals surface area contributed by atoms with E-state index in [1.165, 1.54) is 0 Å². The van der Waals surface area contributed by atoms with Gasteiger partial charge < -0.3 is 0 Å². The molecule has 0 heterocycles. The van der Waals surface area contributed by atoms with Crippen LogP contribution in [0.25, 0.3) is 0 Å². The molecule has 1 radical (unpaired) electrons. The number of ether oxygens (including phenoxy) is 1. The van der Waals surface area contributed by atoms with Crippen molar-refractivity contribution in [1.82, 2.24) is 0 Å². The minimum Gasteiger partial charge on any atom is -0.292 e. The van der Waals surface area contributed by atoms with Gasteiger partial charge in [0, 0.05) is 0 Å². The van der Waals surface area contributed by atoms with Gasteiger partial charge in [0.05, 0.1) is 6.61 Å². The maximum absolute atomic E-state index is 10.8. The number of hydrogen-bond donors (Lipinski definition) is 0. The van der Waals surface area contributed by atoms with Crippen molar-refractivity contribution < 1.29 is 17.9 Å². The molecular formula is C3H4F3O. The van der Waals surface area contributed by atoms with E-state index in [1.54, 1.807) is 0 Å². The van der Waals surface area contributed by atoms with Gasteiger partial charge in [-0.3, -0.25) is 4.74 Å². The normalized spacial score (nSPS) is 12.0. The molecule has 0 bridgehead atoms. The SMILES string of the molecule is [CH2]COC(F)(F)F. The summed E-state index contributed by atoms with van der Waals surface area (Å²) in [5, 5.41) is 0. The Morgan fingerprint density at radius 3 is 1.86 bits per heavy atom. The zero-order valence-electron chi connectivity index (χ0n) is 3.46. The van der Waals surface area contributed by atoms with Crippen LogP contribution in [-0.4, -0.2) is 13.0 Å². The van der Waals surface area contributed by atoms with E-state index in [9.17, 15) is 13.2 Å². The minimum atomic E-state index is -4.51. The second-order valence-corrected chi connectivity index (χ2v) is 0.794. The van der Waals surface area contributed by atoms with E-state index in [2.05, 4.69) is 11.7 Å². The van der Waals surface area contributed by atoms with Crippen molar-refractivity contribution in [3.63, 3.8) is 0 Å². The molecule has 0 aromatic rings.